The molecule has 0 fully saturated rings. The summed E-state index contributed by atoms with van der Waals surface area (Å²) in [6.07, 6.45) is 0. The van der Waals surface area contributed by atoms with Crippen molar-refractivity contribution in [1.82, 2.24) is 0 Å². The Hall–Kier alpha value is -1.18. The van der Waals surface area contributed by atoms with Crippen LogP contribution in [0.2, 0.25) is 0 Å². The lowest BCUT2D eigenvalue weighted by molar-refractivity contribution is -0.114. The second-order valence-electron chi connectivity index (χ2n) is 4.16. The van der Waals surface area contributed by atoms with Gasteiger partial charge in [-0.2, -0.15) is 0 Å². The Morgan fingerprint density at radius 2 is 2.05 bits per heavy atom. The number of rotatable bonds is 5. The molecule has 1 aromatic heterocycles. The first kappa shape index (κ1) is 16.2. The maximum Gasteiger partial charge on any atom is 0.221 e. The molecule has 110 valence electrons. The summed E-state index contributed by atoms with van der Waals surface area (Å²) in [5, 5.41) is 2.66. The van der Waals surface area contributed by atoms with Gasteiger partial charge in [0.1, 0.15) is 5.75 Å². The number of carbonyl (C=O) groups excluding carboxylic acids is 2. The topological polar surface area (TPSA) is 55.4 Å². The van der Waals surface area contributed by atoms with Crippen molar-refractivity contribution in [3.63, 3.8) is 0 Å². The van der Waals surface area contributed by atoms with Crippen LogP contribution in [0.1, 0.15) is 17.3 Å². The molecule has 0 saturated carbocycles. The zero-order valence-electron chi connectivity index (χ0n) is 11.0. The maximum absolute atomic E-state index is 12.1. The van der Waals surface area contributed by atoms with Gasteiger partial charge in [0.25, 0.3) is 0 Å². The second kappa shape index (κ2) is 7.20. The van der Waals surface area contributed by atoms with Crippen molar-refractivity contribution >= 4 is 60.6 Å². The number of ketones is 1. The van der Waals surface area contributed by atoms with E-state index in [0.29, 0.717) is 17.0 Å². The van der Waals surface area contributed by atoms with Crippen molar-refractivity contribution in [3.05, 3.63) is 43.5 Å². The van der Waals surface area contributed by atoms with Gasteiger partial charge in [-0.05, 0) is 50.1 Å². The van der Waals surface area contributed by atoms with Crippen LogP contribution >= 0.6 is 43.2 Å². The summed E-state index contributed by atoms with van der Waals surface area (Å²) in [6.45, 7) is 1.37. The molecule has 0 aliphatic heterocycles. The lowest BCUT2D eigenvalue weighted by Gasteiger charge is -2.07. The number of ether oxygens (including phenoxy) is 1. The first-order valence-electron chi connectivity index (χ1n) is 5.94. The molecule has 1 heterocycles. The molecule has 2 rings (SSSR count). The minimum absolute atomic E-state index is 0.0642. The smallest absolute Gasteiger partial charge is 0.221 e. The van der Waals surface area contributed by atoms with E-state index in [0.717, 1.165) is 7.57 Å². The summed E-state index contributed by atoms with van der Waals surface area (Å²) in [7, 11) is 0. The molecule has 0 unspecified atom stereocenters. The summed E-state index contributed by atoms with van der Waals surface area (Å²) in [5.74, 6) is 0.254. The van der Waals surface area contributed by atoms with Crippen molar-refractivity contribution in [3.8, 4) is 5.75 Å². The maximum atomic E-state index is 12.1. The van der Waals surface area contributed by atoms with Crippen LogP contribution < -0.4 is 10.1 Å². The van der Waals surface area contributed by atoms with Gasteiger partial charge in [-0.15, -0.1) is 11.3 Å². The number of hydrogen-bond acceptors (Lipinski definition) is 4. The predicted molar refractivity (Wildman–Crippen MR) is 90.3 cm³/mol. The molecule has 21 heavy (non-hydrogen) atoms. The normalized spacial score (nSPS) is 10.2. The Morgan fingerprint density at radius 3 is 2.67 bits per heavy atom. The third kappa shape index (κ3) is 4.66. The Kier molecular flexibility index (Phi) is 5.55. The van der Waals surface area contributed by atoms with Gasteiger partial charge in [-0.25, -0.2) is 0 Å². The fourth-order valence-corrected chi connectivity index (χ4v) is 4.48. The minimum atomic E-state index is -0.157. The van der Waals surface area contributed by atoms with Gasteiger partial charge >= 0.3 is 0 Å². The molecule has 1 N–H and O–H groups in total. The van der Waals surface area contributed by atoms with Crippen molar-refractivity contribution in [2.45, 2.75) is 6.92 Å². The first-order valence-corrected chi connectivity index (χ1v) is 8.34. The van der Waals surface area contributed by atoms with Crippen molar-refractivity contribution in [2.24, 2.45) is 0 Å². The van der Waals surface area contributed by atoms with Crippen molar-refractivity contribution < 1.29 is 14.3 Å². The van der Waals surface area contributed by atoms with Crippen LogP contribution in [0.15, 0.2) is 37.9 Å². The third-order valence-electron chi connectivity index (χ3n) is 2.48. The molecule has 2 aromatic rings. The number of thiophene rings is 1. The molecule has 7 heteroatoms. The quantitative estimate of drug-likeness (QED) is 0.708. The number of carbonyl (C=O) groups is 2. The first-order chi connectivity index (χ1) is 9.95. The molecule has 0 bridgehead atoms. The van der Waals surface area contributed by atoms with Gasteiger partial charge in [-0.3, -0.25) is 9.59 Å². The van der Waals surface area contributed by atoms with Crippen LogP contribution in [0.4, 0.5) is 5.69 Å². The Labute approximate surface area is 142 Å². The molecule has 0 saturated heterocycles. The zero-order chi connectivity index (χ0) is 15.4. The van der Waals surface area contributed by atoms with Crippen LogP contribution in [0.3, 0.4) is 0 Å². The lowest BCUT2D eigenvalue weighted by atomic mass is 10.2. The summed E-state index contributed by atoms with van der Waals surface area (Å²) in [5.41, 5.74) is 1.22. The SMILES string of the molecule is CC(=O)Nc1cccc(OCC(=O)c2cc(Br)sc2Br)c1. The number of Topliss-reactive ketones (excluding diaryl/α,β-unsaturated/α-hetero) is 1. The fourth-order valence-electron chi connectivity index (χ4n) is 1.62. The zero-order valence-corrected chi connectivity index (χ0v) is 15.0. The van der Waals surface area contributed by atoms with E-state index in [4.69, 9.17) is 4.74 Å². The molecule has 1 aromatic carbocycles. The van der Waals surface area contributed by atoms with Gasteiger partial charge in [0.05, 0.1) is 7.57 Å². The summed E-state index contributed by atoms with van der Waals surface area (Å²) < 4.78 is 7.13. The molecular weight excluding hydrogens is 422 g/mol. The molecular formula is C14H11Br2NO3S. The van der Waals surface area contributed by atoms with Crippen LogP contribution in [-0.4, -0.2) is 18.3 Å². The van der Waals surface area contributed by atoms with Crippen molar-refractivity contribution in [2.75, 3.05) is 11.9 Å². The van der Waals surface area contributed by atoms with Crippen LogP contribution in [0.5, 0.6) is 5.75 Å². The molecule has 4 nitrogen and oxygen atoms in total. The van der Waals surface area contributed by atoms with Gasteiger partial charge in [-0.1, -0.05) is 6.07 Å². The molecule has 0 radical (unpaired) electrons. The van der Waals surface area contributed by atoms with E-state index in [-0.39, 0.29) is 18.3 Å². The molecule has 0 aliphatic rings. The van der Waals surface area contributed by atoms with E-state index in [9.17, 15) is 9.59 Å². The van der Waals surface area contributed by atoms with E-state index in [2.05, 4.69) is 37.2 Å². The molecule has 0 aliphatic carbocycles. The summed E-state index contributed by atoms with van der Waals surface area (Å²) >= 11 is 8.12. The number of hydrogen-bond donors (Lipinski definition) is 1. The van der Waals surface area contributed by atoms with Gasteiger partial charge in [0.15, 0.2) is 6.61 Å². The fraction of sp³-hybridized carbons (Fsp3) is 0.143. The standard InChI is InChI=1S/C14H11Br2NO3S/c1-8(18)17-9-3-2-4-10(5-9)20-7-12(19)11-6-13(15)21-14(11)16/h2-6H,7H2,1H3,(H,17,18). The Bertz CT molecular complexity index is 685. The largest absolute Gasteiger partial charge is 0.485 e. The monoisotopic (exact) mass is 431 g/mol. The summed E-state index contributed by atoms with van der Waals surface area (Å²) in [6, 6.07) is 8.67. The van der Waals surface area contributed by atoms with Crippen LogP contribution in [0, 0.1) is 0 Å². The minimum Gasteiger partial charge on any atom is -0.485 e. The highest BCUT2D eigenvalue weighted by Gasteiger charge is 2.14. The van der Waals surface area contributed by atoms with Crippen LogP contribution in [0.25, 0.3) is 0 Å². The number of anilines is 1. The number of amides is 1. The molecule has 0 spiro atoms. The Balaban J connectivity index is 2.01. The summed E-state index contributed by atoms with van der Waals surface area (Å²) in [4.78, 5) is 23.1. The van der Waals surface area contributed by atoms with E-state index >= 15 is 0 Å². The Morgan fingerprint density at radius 1 is 1.29 bits per heavy atom. The number of halogens is 2. The van der Waals surface area contributed by atoms with E-state index in [1.165, 1.54) is 18.3 Å². The highest BCUT2D eigenvalue weighted by Crippen LogP contribution is 2.32. The molecule has 0 atom stereocenters. The third-order valence-corrected chi connectivity index (χ3v) is 4.82. The average Bonchev–Trinajstić information content (AvgIpc) is 2.75. The van der Waals surface area contributed by atoms with E-state index < -0.39 is 0 Å². The predicted octanol–water partition coefficient (Wildman–Crippen LogP) is 4.49. The number of nitrogens with one attached hydrogen (secondary N) is 1. The van der Waals surface area contributed by atoms with Crippen molar-refractivity contribution in [1.29, 1.82) is 0 Å². The van der Waals surface area contributed by atoms with E-state index in [1.54, 1.807) is 30.3 Å². The van der Waals surface area contributed by atoms with Gasteiger partial charge in [0, 0.05) is 24.2 Å². The highest BCUT2D eigenvalue weighted by atomic mass is 79.9. The highest BCUT2D eigenvalue weighted by molar-refractivity contribution is 9.12. The lowest BCUT2D eigenvalue weighted by Crippen LogP contribution is -2.11. The second-order valence-corrected chi connectivity index (χ2v) is 7.91. The van der Waals surface area contributed by atoms with E-state index in [1.807, 2.05) is 0 Å². The average molecular weight is 433 g/mol. The molecule has 1 amide bonds. The van der Waals surface area contributed by atoms with Crippen LogP contribution in [-0.2, 0) is 4.79 Å². The van der Waals surface area contributed by atoms with Gasteiger partial charge < -0.3 is 10.1 Å². The number of benzene rings is 1. The van der Waals surface area contributed by atoms with Gasteiger partial charge in [0.2, 0.25) is 11.7 Å².